The number of ether oxygens (including phenoxy) is 6. The van der Waals surface area contributed by atoms with Crippen molar-refractivity contribution in [3.63, 3.8) is 0 Å². The first-order valence-corrected chi connectivity index (χ1v) is 12.0. The minimum absolute atomic E-state index is 0.206. The summed E-state index contributed by atoms with van der Waals surface area (Å²) in [5.41, 5.74) is -0.127. The Balaban J connectivity index is 1.98. The number of aliphatic hydroxyl groups excluding tert-OH is 1. The molecule has 13 nitrogen and oxygen atoms in total. The second-order valence-corrected chi connectivity index (χ2v) is 8.73. The van der Waals surface area contributed by atoms with Gasteiger partial charge in [0.1, 0.15) is 35.5 Å². The third kappa shape index (κ3) is 7.55. The Morgan fingerprint density at radius 2 is 1.50 bits per heavy atom. The van der Waals surface area contributed by atoms with Crippen LogP contribution in [0, 0.1) is 0 Å². The van der Waals surface area contributed by atoms with Crippen molar-refractivity contribution in [2.24, 2.45) is 0 Å². The highest BCUT2D eigenvalue weighted by Gasteiger charge is 2.51. The maximum absolute atomic E-state index is 12.5. The Labute approximate surface area is 228 Å². The number of hydrogen-bond acceptors (Lipinski definition) is 13. The molecule has 2 aromatic rings. The molecule has 0 aromatic heterocycles. The van der Waals surface area contributed by atoms with Gasteiger partial charge in [0.25, 0.3) is 0 Å². The van der Waals surface area contributed by atoms with Crippen molar-refractivity contribution in [2.45, 2.75) is 58.4 Å². The van der Waals surface area contributed by atoms with E-state index < -0.39 is 72.7 Å². The van der Waals surface area contributed by atoms with E-state index in [2.05, 4.69) is 0 Å². The van der Waals surface area contributed by atoms with Crippen LogP contribution in [0.25, 0.3) is 0 Å². The molecular formula is C27H28O13. The third-order valence-electron chi connectivity index (χ3n) is 5.54. The molecule has 1 saturated heterocycles. The lowest BCUT2D eigenvalue weighted by Gasteiger charge is -2.42. The van der Waals surface area contributed by atoms with Gasteiger partial charge < -0.3 is 38.6 Å². The molecule has 1 aliphatic rings. The fourth-order valence-corrected chi connectivity index (χ4v) is 3.93. The Morgan fingerprint density at radius 3 is 2.08 bits per heavy atom. The van der Waals surface area contributed by atoms with Gasteiger partial charge in [0.05, 0.1) is 5.56 Å². The maximum Gasteiger partial charge on any atom is 0.343 e. The first-order chi connectivity index (χ1) is 18.9. The van der Waals surface area contributed by atoms with Crippen molar-refractivity contribution in [3.05, 3.63) is 53.6 Å². The maximum atomic E-state index is 12.5. The van der Waals surface area contributed by atoms with Gasteiger partial charge in [-0.05, 0) is 19.1 Å². The van der Waals surface area contributed by atoms with Crippen LogP contribution < -0.4 is 9.47 Å². The van der Waals surface area contributed by atoms with E-state index in [1.807, 2.05) is 0 Å². The molecule has 3 unspecified atom stereocenters. The number of aromatic hydroxyl groups is 1. The van der Waals surface area contributed by atoms with Crippen LogP contribution in [-0.2, 0) is 33.3 Å². The monoisotopic (exact) mass is 560 g/mol. The second-order valence-electron chi connectivity index (χ2n) is 8.73. The molecule has 1 fully saturated rings. The molecule has 40 heavy (non-hydrogen) atoms. The second kappa shape index (κ2) is 13.0. The van der Waals surface area contributed by atoms with Gasteiger partial charge in [0, 0.05) is 32.9 Å². The zero-order chi connectivity index (χ0) is 29.6. The predicted octanol–water partition coefficient (Wildman–Crippen LogP) is 1.71. The molecule has 0 spiro atoms. The van der Waals surface area contributed by atoms with Gasteiger partial charge in [-0.25, -0.2) is 4.79 Å². The number of aliphatic hydroxyl groups is 1. The molecule has 0 radical (unpaired) electrons. The highest BCUT2D eigenvalue weighted by Crippen LogP contribution is 2.37. The molecule has 2 aromatic carbocycles. The van der Waals surface area contributed by atoms with Crippen LogP contribution in [0.1, 0.15) is 48.4 Å². The van der Waals surface area contributed by atoms with Gasteiger partial charge in [-0.15, -0.1) is 0 Å². The average Bonchev–Trinajstić information content (AvgIpc) is 2.86. The number of rotatable bonds is 9. The van der Waals surface area contributed by atoms with Gasteiger partial charge in [-0.2, -0.15) is 0 Å². The molecule has 0 amide bonds. The van der Waals surface area contributed by atoms with Gasteiger partial charge in [0.15, 0.2) is 24.1 Å². The summed E-state index contributed by atoms with van der Waals surface area (Å²) in [6.45, 7) is 3.90. The Kier molecular flexibility index (Phi) is 9.80. The van der Waals surface area contributed by atoms with Crippen LogP contribution in [0.15, 0.2) is 42.5 Å². The quantitative estimate of drug-likeness (QED) is 0.196. The van der Waals surface area contributed by atoms with Gasteiger partial charge in [0.2, 0.25) is 6.29 Å². The summed E-state index contributed by atoms with van der Waals surface area (Å²) in [7, 11) is 0. The first-order valence-electron chi connectivity index (χ1n) is 12.0. The van der Waals surface area contributed by atoms with Gasteiger partial charge in [-0.1, -0.05) is 18.2 Å². The van der Waals surface area contributed by atoms with Crippen LogP contribution in [0.2, 0.25) is 0 Å². The number of Topliss-reactive ketones (excluding diaryl/α,β-unsaturated/α-hetero) is 1. The van der Waals surface area contributed by atoms with Crippen LogP contribution in [0.3, 0.4) is 0 Å². The minimum Gasteiger partial charge on any atom is -0.507 e. The van der Waals surface area contributed by atoms with Crippen molar-refractivity contribution in [2.75, 3.05) is 6.61 Å². The van der Waals surface area contributed by atoms with Crippen LogP contribution in [0.4, 0.5) is 0 Å². The summed E-state index contributed by atoms with van der Waals surface area (Å²) in [6.07, 6.45) is -7.77. The highest BCUT2D eigenvalue weighted by atomic mass is 16.7. The van der Waals surface area contributed by atoms with Crippen molar-refractivity contribution >= 4 is 29.7 Å². The lowest BCUT2D eigenvalue weighted by atomic mass is 9.98. The van der Waals surface area contributed by atoms with E-state index in [1.54, 1.807) is 18.2 Å². The highest BCUT2D eigenvalue weighted by molar-refractivity contribution is 6.00. The summed E-state index contributed by atoms with van der Waals surface area (Å²) < 4.78 is 32.2. The first kappa shape index (κ1) is 30.1. The Bertz CT molecular complexity index is 1270. The fraction of sp³-hybridized carbons (Fsp3) is 0.370. The van der Waals surface area contributed by atoms with Crippen molar-refractivity contribution in [1.29, 1.82) is 0 Å². The number of ketones is 1. The molecule has 0 aliphatic carbocycles. The number of benzene rings is 2. The van der Waals surface area contributed by atoms with Crippen molar-refractivity contribution in [3.8, 4) is 17.2 Å². The molecule has 0 bridgehead atoms. The molecule has 13 heteroatoms. The van der Waals surface area contributed by atoms with E-state index in [1.165, 1.54) is 12.1 Å². The number of carbonyl (C=O) groups excluding carboxylic acids is 5. The summed E-state index contributed by atoms with van der Waals surface area (Å²) in [4.78, 5) is 59.9. The minimum atomic E-state index is -1.81. The Morgan fingerprint density at radius 1 is 0.875 bits per heavy atom. The zero-order valence-electron chi connectivity index (χ0n) is 22.0. The van der Waals surface area contributed by atoms with E-state index in [4.69, 9.17) is 28.4 Å². The van der Waals surface area contributed by atoms with E-state index in [0.717, 1.165) is 39.8 Å². The molecule has 5 atom stereocenters. The molecule has 214 valence electrons. The van der Waals surface area contributed by atoms with Crippen LogP contribution in [0.5, 0.6) is 17.2 Å². The van der Waals surface area contributed by atoms with Crippen LogP contribution >= 0.6 is 0 Å². The zero-order valence-corrected chi connectivity index (χ0v) is 22.0. The molecule has 1 aliphatic heterocycles. The van der Waals surface area contributed by atoms with E-state index >= 15 is 0 Å². The molecule has 2 N–H and O–H groups in total. The smallest absolute Gasteiger partial charge is 0.343 e. The van der Waals surface area contributed by atoms with Crippen molar-refractivity contribution < 1.29 is 62.6 Å². The van der Waals surface area contributed by atoms with E-state index in [9.17, 15) is 34.2 Å². The number of hydrogen-bond donors (Lipinski definition) is 2. The number of phenols is 1. The molecule has 3 rings (SSSR count). The summed E-state index contributed by atoms with van der Waals surface area (Å²) >= 11 is 0. The summed E-state index contributed by atoms with van der Waals surface area (Å²) in [5, 5.41) is 21.6. The predicted molar refractivity (Wildman–Crippen MR) is 133 cm³/mol. The fourth-order valence-electron chi connectivity index (χ4n) is 3.93. The van der Waals surface area contributed by atoms with E-state index in [0.29, 0.717) is 0 Å². The number of phenolic OH excluding ortho intramolecular Hbond substituents is 1. The standard InChI is InChI=1S/C27H28O13/c1-13(28)22-19(32)10-18(38-26(34)17-8-6-5-7-9-17)11-20(22)39-27-23(33)25(37-16(4)31)24(36-15(3)30)21(40-27)12-35-14(2)29/h5-11,21,23-25,27,32-33H,12H2,1-4H3/t21?,23?,24-,25+,27?/m1/s1. The number of carbonyl (C=O) groups is 5. The largest absolute Gasteiger partial charge is 0.507 e. The van der Waals surface area contributed by atoms with Crippen LogP contribution in [-0.4, -0.2) is 77.2 Å². The Hall–Kier alpha value is -4.49. The SMILES string of the molecule is CC(=O)OCC1OC(Oc2cc(OC(=O)c3ccccc3)cc(O)c2C(C)=O)C(O)[C@H](OC(C)=O)[C@@H]1OC(C)=O. The third-order valence-corrected chi connectivity index (χ3v) is 5.54. The lowest BCUT2D eigenvalue weighted by Crippen LogP contribution is -2.62. The van der Waals surface area contributed by atoms with E-state index in [-0.39, 0.29) is 22.6 Å². The topological polar surface area (TPSA) is 181 Å². The molecule has 0 saturated carbocycles. The molecular weight excluding hydrogens is 532 g/mol. The number of esters is 4. The summed E-state index contributed by atoms with van der Waals surface area (Å²) in [5.74, 6) is -4.92. The van der Waals surface area contributed by atoms with Gasteiger partial charge >= 0.3 is 23.9 Å². The molecule has 1 heterocycles. The van der Waals surface area contributed by atoms with Crippen molar-refractivity contribution in [1.82, 2.24) is 0 Å². The van der Waals surface area contributed by atoms with Gasteiger partial charge in [-0.3, -0.25) is 19.2 Å². The lowest BCUT2D eigenvalue weighted by molar-refractivity contribution is -0.285. The average molecular weight is 561 g/mol. The normalized spacial score (nSPS) is 22.0. The summed E-state index contributed by atoms with van der Waals surface area (Å²) in [6, 6.07) is 10.1.